The zero-order chi connectivity index (χ0) is 18.7. The summed E-state index contributed by atoms with van der Waals surface area (Å²) in [7, 11) is 0. The summed E-state index contributed by atoms with van der Waals surface area (Å²) in [5.41, 5.74) is 1.36. The van der Waals surface area contributed by atoms with Crippen LogP contribution in [0.15, 0.2) is 42.5 Å². The first-order valence-electron chi connectivity index (χ1n) is 8.03. The van der Waals surface area contributed by atoms with Gasteiger partial charge in [0.15, 0.2) is 11.6 Å². The zero-order valence-corrected chi connectivity index (χ0v) is 13.7. The van der Waals surface area contributed by atoms with Gasteiger partial charge in [0.05, 0.1) is 24.2 Å². The molecule has 0 atom stereocenters. The molecule has 0 aliphatic heterocycles. The molecule has 0 saturated carbocycles. The highest BCUT2D eigenvalue weighted by Gasteiger charge is 2.31. The fraction of sp³-hybridized carbons (Fsp3) is 0.158. The summed E-state index contributed by atoms with van der Waals surface area (Å²) in [6, 6.07) is 11.3. The first-order chi connectivity index (χ1) is 12.5. The van der Waals surface area contributed by atoms with Gasteiger partial charge in [-0.05, 0) is 6.07 Å². The van der Waals surface area contributed by atoms with Crippen molar-refractivity contribution in [3.63, 3.8) is 0 Å². The SMILES string of the molecule is O=C(O)CCNCC(=O)Nc1cccc2c1C(=O)c1ccccc1C2=O. The number of hydrogen-bond acceptors (Lipinski definition) is 5. The summed E-state index contributed by atoms with van der Waals surface area (Å²) >= 11 is 0. The van der Waals surface area contributed by atoms with Crippen molar-refractivity contribution >= 4 is 29.1 Å². The third-order valence-electron chi connectivity index (χ3n) is 4.03. The number of benzene rings is 2. The molecular weight excluding hydrogens is 336 g/mol. The average molecular weight is 352 g/mol. The molecule has 2 aromatic rings. The molecule has 0 unspecified atom stereocenters. The predicted molar refractivity (Wildman–Crippen MR) is 93.5 cm³/mol. The highest BCUT2D eigenvalue weighted by atomic mass is 16.4. The highest BCUT2D eigenvalue weighted by Crippen LogP contribution is 2.31. The maximum Gasteiger partial charge on any atom is 0.304 e. The van der Waals surface area contributed by atoms with Crippen molar-refractivity contribution in [3.8, 4) is 0 Å². The van der Waals surface area contributed by atoms with Gasteiger partial charge in [-0.3, -0.25) is 19.2 Å². The summed E-state index contributed by atoms with van der Waals surface area (Å²) in [4.78, 5) is 48.0. The summed E-state index contributed by atoms with van der Waals surface area (Å²) < 4.78 is 0. The van der Waals surface area contributed by atoms with Crippen molar-refractivity contribution in [2.45, 2.75) is 6.42 Å². The second-order valence-corrected chi connectivity index (χ2v) is 5.80. The maximum atomic E-state index is 12.8. The van der Waals surface area contributed by atoms with Crippen LogP contribution in [0.5, 0.6) is 0 Å². The number of ketones is 2. The zero-order valence-electron chi connectivity index (χ0n) is 13.7. The van der Waals surface area contributed by atoms with Crippen LogP contribution >= 0.6 is 0 Å². The average Bonchev–Trinajstić information content (AvgIpc) is 2.63. The van der Waals surface area contributed by atoms with Gasteiger partial charge in [0.25, 0.3) is 0 Å². The van der Waals surface area contributed by atoms with Crippen molar-refractivity contribution in [1.29, 1.82) is 0 Å². The van der Waals surface area contributed by atoms with Crippen LogP contribution in [0.2, 0.25) is 0 Å². The Labute approximate surface area is 149 Å². The van der Waals surface area contributed by atoms with Crippen LogP contribution in [0.25, 0.3) is 0 Å². The third-order valence-corrected chi connectivity index (χ3v) is 4.03. The first kappa shape index (κ1) is 17.5. The Morgan fingerprint density at radius 2 is 1.54 bits per heavy atom. The van der Waals surface area contributed by atoms with E-state index in [4.69, 9.17) is 5.11 Å². The van der Waals surface area contributed by atoms with Crippen LogP contribution in [0.1, 0.15) is 38.3 Å². The van der Waals surface area contributed by atoms with Gasteiger partial charge < -0.3 is 15.7 Å². The van der Waals surface area contributed by atoms with E-state index >= 15 is 0 Å². The molecule has 0 radical (unpaired) electrons. The second kappa shape index (κ2) is 7.28. The molecule has 1 aliphatic carbocycles. The molecule has 0 spiro atoms. The van der Waals surface area contributed by atoms with Gasteiger partial charge >= 0.3 is 5.97 Å². The van der Waals surface area contributed by atoms with E-state index in [9.17, 15) is 19.2 Å². The standard InChI is InChI=1S/C19H16N2O5/c22-15(10-20-9-8-16(23)24)21-14-7-3-6-13-17(14)19(26)12-5-2-1-4-11(12)18(13)25/h1-7,20H,8-10H2,(H,21,22)(H,23,24). The molecule has 3 N–H and O–H groups in total. The van der Waals surface area contributed by atoms with Crippen molar-refractivity contribution in [3.05, 3.63) is 64.7 Å². The summed E-state index contributed by atoms with van der Waals surface area (Å²) in [6.07, 6.45) is -0.0994. The molecule has 0 aromatic heterocycles. The van der Waals surface area contributed by atoms with Crippen LogP contribution in [0, 0.1) is 0 Å². The minimum atomic E-state index is -0.960. The van der Waals surface area contributed by atoms with Crippen molar-refractivity contribution in [2.75, 3.05) is 18.4 Å². The Hall–Kier alpha value is -3.32. The van der Waals surface area contributed by atoms with Gasteiger partial charge in [-0.15, -0.1) is 0 Å². The minimum absolute atomic E-state index is 0.0994. The molecule has 7 nitrogen and oxygen atoms in total. The number of hydrogen-bond donors (Lipinski definition) is 3. The molecule has 3 rings (SSSR count). The smallest absolute Gasteiger partial charge is 0.304 e. The molecule has 0 fully saturated rings. The fourth-order valence-electron chi connectivity index (χ4n) is 2.84. The fourth-order valence-corrected chi connectivity index (χ4v) is 2.84. The van der Waals surface area contributed by atoms with Crippen molar-refractivity contribution in [1.82, 2.24) is 5.32 Å². The number of nitrogens with one attached hydrogen (secondary N) is 2. The van der Waals surface area contributed by atoms with Crippen LogP contribution in [0.3, 0.4) is 0 Å². The lowest BCUT2D eigenvalue weighted by molar-refractivity contribution is -0.137. The molecule has 0 heterocycles. The third kappa shape index (κ3) is 3.38. The van der Waals surface area contributed by atoms with Crippen LogP contribution < -0.4 is 10.6 Å². The van der Waals surface area contributed by atoms with E-state index in [-0.39, 0.29) is 47.9 Å². The number of fused-ring (bicyclic) bond motifs is 2. The van der Waals surface area contributed by atoms with Crippen LogP contribution in [0.4, 0.5) is 5.69 Å². The second-order valence-electron chi connectivity index (χ2n) is 5.80. The normalized spacial score (nSPS) is 12.3. The molecule has 132 valence electrons. The monoisotopic (exact) mass is 352 g/mol. The number of amides is 1. The van der Waals surface area contributed by atoms with Gasteiger partial charge in [-0.1, -0.05) is 36.4 Å². The molecule has 7 heteroatoms. The predicted octanol–water partition coefficient (Wildman–Crippen LogP) is 1.46. The van der Waals surface area contributed by atoms with E-state index in [0.717, 1.165) is 0 Å². The van der Waals surface area contributed by atoms with Crippen molar-refractivity contribution < 1.29 is 24.3 Å². The van der Waals surface area contributed by atoms with Gasteiger partial charge in [0.1, 0.15) is 0 Å². The van der Waals surface area contributed by atoms with E-state index in [1.807, 2.05) is 0 Å². The minimum Gasteiger partial charge on any atom is -0.481 e. The van der Waals surface area contributed by atoms with Gasteiger partial charge in [0, 0.05) is 23.2 Å². The lowest BCUT2D eigenvalue weighted by Gasteiger charge is -2.20. The van der Waals surface area contributed by atoms with Crippen molar-refractivity contribution in [2.24, 2.45) is 0 Å². The quantitative estimate of drug-likeness (QED) is 0.579. The Morgan fingerprint density at radius 1 is 0.885 bits per heavy atom. The largest absolute Gasteiger partial charge is 0.481 e. The first-order valence-corrected chi connectivity index (χ1v) is 8.03. The Bertz CT molecular complexity index is 920. The molecule has 1 amide bonds. The molecule has 2 aromatic carbocycles. The number of carbonyl (C=O) groups excluding carboxylic acids is 3. The lowest BCUT2D eigenvalue weighted by atomic mass is 9.83. The maximum absolute atomic E-state index is 12.8. The van der Waals surface area contributed by atoms with E-state index < -0.39 is 11.9 Å². The van der Waals surface area contributed by atoms with Gasteiger partial charge in [-0.25, -0.2) is 0 Å². The molecular formula is C19H16N2O5. The highest BCUT2D eigenvalue weighted by molar-refractivity contribution is 6.30. The Morgan fingerprint density at radius 3 is 2.23 bits per heavy atom. The summed E-state index contributed by atoms with van der Waals surface area (Å²) in [5.74, 6) is -1.96. The van der Waals surface area contributed by atoms with E-state index in [1.54, 1.807) is 42.5 Å². The molecule has 26 heavy (non-hydrogen) atoms. The van der Waals surface area contributed by atoms with E-state index in [0.29, 0.717) is 11.1 Å². The Balaban J connectivity index is 1.81. The van der Waals surface area contributed by atoms with E-state index in [1.165, 1.54) is 0 Å². The lowest BCUT2D eigenvalue weighted by Crippen LogP contribution is -2.31. The summed E-state index contributed by atoms with van der Waals surface area (Å²) in [6.45, 7) is 0.0517. The Kier molecular flexibility index (Phi) is 4.90. The molecule has 0 saturated heterocycles. The van der Waals surface area contributed by atoms with E-state index in [2.05, 4.69) is 10.6 Å². The number of aliphatic carboxylic acids is 1. The number of carbonyl (C=O) groups is 4. The molecule has 1 aliphatic rings. The number of rotatable bonds is 6. The van der Waals surface area contributed by atoms with Crippen LogP contribution in [-0.4, -0.2) is 41.6 Å². The number of anilines is 1. The van der Waals surface area contributed by atoms with Gasteiger partial charge in [0.2, 0.25) is 5.91 Å². The number of carboxylic acid groups (broad SMARTS) is 1. The molecule has 0 bridgehead atoms. The van der Waals surface area contributed by atoms with Crippen LogP contribution in [-0.2, 0) is 9.59 Å². The van der Waals surface area contributed by atoms with Gasteiger partial charge in [-0.2, -0.15) is 0 Å². The number of carboxylic acids is 1. The topological polar surface area (TPSA) is 113 Å². The summed E-state index contributed by atoms with van der Waals surface area (Å²) in [5, 5.41) is 13.9.